The van der Waals surface area contributed by atoms with Crippen molar-refractivity contribution in [2.24, 2.45) is 0 Å². The highest BCUT2D eigenvalue weighted by Crippen LogP contribution is 2.17. The van der Waals surface area contributed by atoms with Gasteiger partial charge in [0.2, 0.25) is 0 Å². The molecule has 1 saturated heterocycles. The molecule has 0 radical (unpaired) electrons. The number of hydrogen-bond acceptors (Lipinski definition) is 5. The molecule has 0 spiro atoms. The number of nitrogens with one attached hydrogen (secondary N) is 1. The molecule has 5 nitrogen and oxygen atoms in total. The molecule has 2 heterocycles. The zero-order valence-corrected chi connectivity index (χ0v) is 9.42. The largest absolute Gasteiger partial charge is 0.366 e. The highest BCUT2D eigenvalue weighted by Gasteiger charge is 2.27. The first-order valence-corrected chi connectivity index (χ1v) is 6.70. The monoisotopic (exact) mass is 247 g/mol. The topological polar surface area (TPSA) is 72.0 Å². The van der Waals surface area contributed by atoms with Crippen LogP contribution >= 0.6 is 11.6 Å². The second kappa shape index (κ2) is 3.94. The molecule has 1 N–H and O–H groups in total. The van der Waals surface area contributed by atoms with Crippen LogP contribution in [0.25, 0.3) is 0 Å². The number of hydrogen-bond donors (Lipinski definition) is 1. The van der Waals surface area contributed by atoms with E-state index >= 15 is 0 Å². The molecule has 1 atom stereocenters. The fourth-order valence-electron chi connectivity index (χ4n) is 1.53. The zero-order valence-electron chi connectivity index (χ0n) is 7.85. The van der Waals surface area contributed by atoms with Crippen LogP contribution in [0.4, 0.5) is 5.82 Å². The van der Waals surface area contributed by atoms with Crippen molar-refractivity contribution in [3.05, 3.63) is 17.5 Å². The minimum Gasteiger partial charge on any atom is -0.366 e. The first-order chi connectivity index (χ1) is 7.05. The minimum atomic E-state index is -2.86. The van der Waals surface area contributed by atoms with Crippen LogP contribution in [-0.2, 0) is 9.84 Å². The van der Waals surface area contributed by atoms with Crippen molar-refractivity contribution in [3.8, 4) is 0 Å². The third-order valence-corrected chi connectivity index (χ3v) is 4.19. The van der Waals surface area contributed by atoms with Crippen LogP contribution in [0.2, 0.25) is 5.15 Å². The summed E-state index contributed by atoms with van der Waals surface area (Å²) in [6.07, 6.45) is 1.96. The van der Waals surface area contributed by atoms with E-state index in [1.54, 1.807) is 6.07 Å². The maximum Gasteiger partial charge on any atom is 0.152 e. The molecule has 0 saturated carbocycles. The van der Waals surface area contributed by atoms with Gasteiger partial charge in [0, 0.05) is 12.1 Å². The van der Waals surface area contributed by atoms with E-state index in [0.717, 1.165) is 0 Å². The van der Waals surface area contributed by atoms with E-state index < -0.39 is 9.84 Å². The molecule has 0 bridgehead atoms. The highest BCUT2D eigenvalue weighted by atomic mass is 35.5. The smallest absolute Gasteiger partial charge is 0.152 e. The Morgan fingerprint density at radius 3 is 2.87 bits per heavy atom. The van der Waals surface area contributed by atoms with Gasteiger partial charge in [-0.1, -0.05) is 11.6 Å². The molecule has 1 aliphatic rings. The van der Waals surface area contributed by atoms with E-state index in [9.17, 15) is 8.42 Å². The molecule has 7 heteroatoms. The zero-order chi connectivity index (χ0) is 10.9. The summed E-state index contributed by atoms with van der Waals surface area (Å²) in [7, 11) is -2.86. The summed E-state index contributed by atoms with van der Waals surface area (Å²) in [4.78, 5) is 7.69. The maximum absolute atomic E-state index is 11.2. The Kier molecular flexibility index (Phi) is 2.79. The van der Waals surface area contributed by atoms with Crippen LogP contribution in [-0.4, -0.2) is 35.9 Å². The van der Waals surface area contributed by atoms with Gasteiger partial charge in [0.1, 0.15) is 17.3 Å². The Morgan fingerprint density at radius 1 is 1.47 bits per heavy atom. The van der Waals surface area contributed by atoms with Crippen molar-refractivity contribution in [2.75, 3.05) is 16.8 Å². The average Bonchev–Trinajstić information content (AvgIpc) is 2.45. The molecule has 0 unspecified atom stereocenters. The van der Waals surface area contributed by atoms with Crippen LogP contribution in [0, 0.1) is 0 Å². The second-order valence-corrected chi connectivity index (χ2v) is 6.09. The summed E-state index contributed by atoms with van der Waals surface area (Å²) < 4.78 is 22.4. The first-order valence-electron chi connectivity index (χ1n) is 4.50. The van der Waals surface area contributed by atoms with E-state index in [0.29, 0.717) is 17.4 Å². The van der Waals surface area contributed by atoms with Crippen molar-refractivity contribution in [1.82, 2.24) is 9.97 Å². The highest BCUT2D eigenvalue weighted by molar-refractivity contribution is 7.91. The van der Waals surface area contributed by atoms with E-state index in [4.69, 9.17) is 11.6 Å². The van der Waals surface area contributed by atoms with E-state index in [1.165, 1.54) is 6.33 Å². The fraction of sp³-hybridized carbons (Fsp3) is 0.500. The Labute approximate surface area is 92.8 Å². The summed E-state index contributed by atoms with van der Waals surface area (Å²) in [5, 5.41) is 3.36. The number of halogens is 1. The molecule has 0 aromatic carbocycles. The lowest BCUT2D eigenvalue weighted by Gasteiger charge is -2.10. The standard InChI is InChI=1S/C8H10ClN3O2S/c9-7-3-8(11-5-10-7)12-6-1-2-15(13,14)4-6/h3,5-6H,1-2,4H2,(H,10,11,12)/t6-/m1/s1. The van der Waals surface area contributed by atoms with Gasteiger partial charge in [0.05, 0.1) is 11.5 Å². The SMILES string of the molecule is O=S1(=O)CC[C@@H](Nc2cc(Cl)ncn2)C1. The third-order valence-electron chi connectivity index (χ3n) is 2.22. The van der Waals surface area contributed by atoms with Gasteiger partial charge in [-0.25, -0.2) is 18.4 Å². The van der Waals surface area contributed by atoms with E-state index in [-0.39, 0.29) is 17.5 Å². The molecule has 82 valence electrons. The normalized spacial score (nSPS) is 23.9. The van der Waals surface area contributed by atoms with Gasteiger partial charge in [-0.15, -0.1) is 0 Å². The molecule has 1 aromatic rings. The molecule has 1 aromatic heterocycles. The summed E-state index contributed by atoms with van der Waals surface area (Å²) >= 11 is 5.68. The van der Waals surface area contributed by atoms with Crippen molar-refractivity contribution in [2.45, 2.75) is 12.5 Å². The molecular weight excluding hydrogens is 238 g/mol. The predicted molar refractivity (Wildman–Crippen MR) is 57.7 cm³/mol. The molecule has 15 heavy (non-hydrogen) atoms. The third kappa shape index (κ3) is 2.79. The van der Waals surface area contributed by atoms with Crippen molar-refractivity contribution >= 4 is 27.3 Å². The second-order valence-electron chi connectivity index (χ2n) is 3.47. The number of rotatable bonds is 2. The lowest BCUT2D eigenvalue weighted by molar-refractivity contribution is 0.602. The van der Waals surface area contributed by atoms with Crippen LogP contribution in [0.1, 0.15) is 6.42 Å². The van der Waals surface area contributed by atoms with Crippen molar-refractivity contribution < 1.29 is 8.42 Å². The van der Waals surface area contributed by atoms with Crippen LogP contribution in [0.15, 0.2) is 12.4 Å². The minimum absolute atomic E-state index is 0.0685. The quantitative estimate of drug-likeness (QED) is 0.780. The first kappa shape index (κ1) is 10.6. The fourth-order valence-corrected chi connectivity index (χ4v) is 3.35. The summed E-state index contributed by atoms with van der Waals surface area (Å²) in [5.41, 5.74) is 0. The van der Waals surface area contributed by atoms with Crippen LogP contribution < -0.4 is 5.32 Å². The number of nitrogens with zero attached hydrogens (tertiary/aromatic N) is 2. The summed E-state index contributed by atoms with van der Waals surface area (Å²) in [5.74, 6) is 0.968. The van der Waals surface area contributed by atoms with Gasteiger partial charge in [-0.3, -0.25) is 0 Å². The van der Waals surface area contributed by atoms with Gasteiger partial charge in [0.15, 0.2) is 9.84 Å². The van der Waals surface area contributed by atoms with Crippen molar-refractivity contribution in [3.63, 3.8) is 0 Å². The lowest BCUT2D eigenvalue weighted by Crippen LogP contribution is -2.21. The van der Waals surface area contributed by atoms with E-state index in [2.05, 4.69) is 15.3 Å². The molecule has 0 amide bonds. The summed E-state index contributed by atoms with van der Waals surface area (Å²) in [6.45, 7) is 0. The van der Waals surface area contributed by atoms with Gasteiger partial charge >= 0.3 is 0 Å². The van der Waals surface area contributed by atoms with Crippen molar-refractivity contribution in [1.29, 1.82) is 0 Å². The molecule has 1 fully saturated rings. The van der Waals surface area contributed by atoms with E-state index in [1.807, 2.05) is 0 Å². The molecule has 1 aliphatic heterocycles. The number of sulfone groups is 1. The molecular formula is C8H10ClN3O2S. The van der Waals surface area contributed by atoms with Gasteiger partial charge in [0.25, 0.3) is 0 Å². The maximum atomic E-state index is 11.2. The Balaban J connectivity index is 2.05. The van der Waals surface area contributed by atoms with Gasteiger partial charge < -0.3 is 5.32 Å². The number of aromatic nitrogens is 2. The Bertz CT molecular complexity index is 463. The van der Waals surface area contributed by atoms with Gasteiger partial charge in [-0.2, -0.15) is 0 Å². The molecule has 2 rings (SSSR count). The number of anilines is 1. The Hall–Kier alpha value is -0.880. The average molecular weight is 248 g/mol. The molecule has 0 aliphatic carbocycles. The lowest BCUT2D eigenvalue weighted by atomic mass is 10.2. The van der Waals surface area contributed by atoms with Crippen LogP contribution in [0.5, 0.6) is 0 Å². The van der Waals surface area contributed by atoms with Gasteiger partial charge in [-0.05, 0) is 6.42 Å². The Morgan fingerprint density at radius 2 is 2.27 bits per heavy atom. The van der Waals surface area contributed by atoms with Crippen LogP contribution in [0.3, 0.4) is 0 Å². The predicted octanol–water partition coefficient (Wildman–Crippen LogP) is 0.729. The summed E-state index contributed by atoms with van der Waals surface area (Å²) in [6, 6.07) is 1.51.